The molecule has 20 heavy (non-hydrogen) atoms. The van der Waals surface area contributed by atoms with Gasteiger partial charge in [-0.05, 0) is 29.7 Å². The number of rotatable bonds is 6. The summed E-state index contributed by atoms with van der Waals surface area (Å²) >= 11 is 5.60. The van der Waals surface area contributed by atoms with Crippen LogP contribution in [0, 0.1) is 10.1 Å². The molecule has 0 saturated carbocycles. The van der Waals surface area contributed by atoms with Gasteiger partial charge >= 0.3 is 0 Å². The fourth-order valence-corrected chi connectivity index (χ4v) is 1.92. The molecule has 2 aromatic rings. The monoisotopic (exact) mass is 291 g/mol. The molecule has 0 aliphatic carbocycles. The van der Waals surface area contributed by atoms with Gasteiger partial charge in [0.05, 0.1) is 11.5 Å². The molecule has 0 aliphatic rings. The van der Waals surface area contributed by atoms with Crippen LogP contribution >= 0.6 is 11.6 Å². The topological polar surface area (TPSA) is 52.4 Å². The molecule has 0 radical (unpaired) electrons. The van der Waals surface area contributed by atoms with Gasteiger partial charge in [-0.2, -0.15) is 0 Å². The van der Waals surface area contributed by atoms with Gasteiger partial charge in [0.15, 0.2) is 0 Å². The van der Waals surface area contributed by atoms with E-state index in [1.807, 2.05) is 30.3 Å². The summed E-state index contributed by atoms with van der Waals surface area (Å²) in [5.41, 5.74) is 1.76. The third-order valence-corrected chi connectivity index (χ3v) is 3.04. The summed E-state index contributed by atoms with van der Waals surface area (Å²) < 4.78 is 5.57. The number of ether oxygens (including phenoxy) is 1. The minimum absolute atomic E-state index is 0.0796. The van der Waals surface area contributed by atoms with E-state index in [1.54, 1.807) is 12.1 Å². The largest absolute Gasteiger partial charge is 0.494 e. The van der Waals surface area contributed by atoms with Crippen LogP contribution in [0.2, 0.25) is 0 Å². The zero-order valence-corrected chi connectivity index (χ0v) is 11.5. The molecule has 0 unspecified atom stereocenters. The molecule has 0 aromatic heterocycles. The third kappa shape index (κ3) is 3.71. The molecular weight excluding hydrogens is 278 g/mol. The van der Waals surface area contributed by atoms with Crippen LogP contribution in [0.3, 0.4) is 0 Å². The highest BCUT2D eigenvalue weighted by atomic mass is 35.5. The molecule has 0 aliphatic heterocycles. The predicted molar refractivity (Wildman–Crippen MR) is 79.4 cm³/mol. The molecule has 4 nitrogen and oxygen atoms in total. The molecule has 0 atom stereocenters. The molecule has 0 heterocycles. The summed E-state index contributed by atoms with van der Waals surface area (Å²) in [5.74, 6) is 1.30. The number of halogens is 1. The van der Waals surface area contributed by atoms with Crippen LogP contribution in [0.25, 0.3) is 11.1 Å². The zero-order chi connectivity index (χ0) is 14.4. The Labute approximate surface area is 122 Å². The van der Waals surface area contributed by atoms with Crippen molar-refractivity contribution in [3.05, 3.63) is 58.6 Å². The van der Waals surface area contributed by atoms with Gasteiger partial charge in [0.25, 0.3) is 5.69 Å². The molecule has 0 fully saturated rings. The lowest BCUT2D eigenvalue weighted by molar-refractivity contribution is -0.384. The van der Waals surface area contributed by atoms with E-state index < -0.39 is 4.92 Å². The molecule has 0 bridgehead atoms. The van der Waals surface area contributed by atoms with E-state index in [0.717, 1.165) is 23.3 Å². The molecule has 2 aromatic carbocycles. The Morgan fingerprint density at radius 1 is 1.10 bits per heavy atom. The maximum absolute atomic E-state index is 10.8. The van der Waals surface area contributed by atoms with Crippen LogP contribution in [0.5, 0.6) is 5.75 Å². The van der Waals surface area contributed by atoms with Gasteiger partial charge in [-0.3, -0.25) is 10.1 Å². The van der Waals surface area contributed by atoms with E-state index in [9.17, 15) is 10.1 Å². The van der Waals surface area contributed by atoms with Crippen LogP contribution in [0.15, 0.2) is 48.5 Å². The summed E-state index contributed by atoms with van der Waals surface area (Å²) in [4.78, 5) is 10.4. The minimum Gasteiger partial charge on any atom is -0.494 e. The second kappa shape index (κ2) is 6.91. The number of benzene rings is 2. The first-order chi connectivity index (χ1) is 9.70. The molecule has 0 saturated heterocycles. The van der Waals surface area contributed by atoms with E-state index in [-0.39, 0.29) is 5.69 Å². The van der Waals surface area contributed by atoms with Crippen LogP contribution in [-0.4, -0.2) is 17.4 Å². The Hall–Kier alpha value is -2.07. The van der Waals surface area contributed by atoms with Gasteiger partial charge in [0.2, 0.25) is 0 Å². The van der Waals surface area contributed by atoms with Crippen molar-refractivity contribution in [1.82, 2.24) is 0 Å². The number of nitrogens with zero attached hydrogens (tertiary/aromatic N) is 1. The van der Waals surface area contributed by atoms with Crippen LogP contribution in [0.1, 0.15) is 6.42 Å². The highest BCUT2D eigenvalue weighted by Gasteiger charge is 2.07. The summed E-state index contributed by atoms with van der Waals surface area (Å²) in [6.45, 7) is 0.557. The van der Waals surface area contributed by atoms with Crippen molar-refractivity contribution >= 4 is 17.3 Å². The standard InChI is InChI=1S/C15H14ClNO3/c16-8-3-9-20-15-7-2-5-13(11-15)12-4-1-6-14(10-12)17(18)19/h1-2,4-7,10-11H,3,8-9H2. The quantitative estimate of drug-likeness (QED) is 0.346. The van der Waals surface area contributed by atoms with Gasteiger partial charge in [0.1, 0.15) is 5.75 Å². The maximum Gasteiger partial charge on any atom is 0.270 e. The zero-order valence-electron chi connectivity index (χ0n) is 10.8. The normalized spacial score (nSPS) is 10.2. The number of hydrogen-bond acceptors (Lipinski definition) is 3. The van der Waals surface area contributed by atoms with Crippen LogP contribution in [-0.2, 0) is 0 Å². The van der Waals surface area contributed by atoms with Gasteiger partial charge in [-0.1, -0.05) is 24.3 Å². The van der Waals surface area contributed by atoms with Crippen LogP contribution in [0.4, 0.5) is 5.69 Å². The summed E-state index contributed by atoms with van der Waals surface area (Å²) in [5, 5.41) is 10.8. The maximum atomic E-state index is 10.8. The Bertz CT molecular complexity index is 601. The lowest BCUT2D eigenvalue weighted by Crippen LogP contribution is -1.97. The Kier molecular flexibility index (Phi) is 4.96. The van der Waals surface area contributed by atoms with Gasteiger partial charge in [-0.25, -0.2) is 0 Å². The molecule has 5 heteroatoms. The van der Waals surface area contributed by atoms with Crippen molar-refractivity contribution in [1.29, 1.82) is 0 Å². The average molecular weight is 292 g/mol. The summed E-state index contributed by atoms with van der Waals surface area (Å²) in [7, 11) is 0. The minimum atomic E-state index is -0.398. The molecule has 2 rings (SSSR count). The fraction of sp³-hybridized carbons (Fsp3) is 0.200. The van der Waals surface area contributed by atoms with Crippen molar-refractivity contribution in [2.75, 3.05) is 12.5 Å². The molecule has 0 amide bonds. The SMILES string of the molecule is O=[N+]([O-])c1cccc(-c2cccc(OCCCCl)c2)c1. The van der Waals surface area contributed by atoms with E-state index in [1.165, 1.54) is 6.07 Å². The van der Waals surface area contributed by atoms with E-state index in [4.69, 9.17) is 16.3 Å². The fourth-order valence-electron chi connectivity index (χ4n) is 1.81. The molecule has 0 N–H and O–H groups in total. The number of non-ortho nitro benzene ring substituents is 1. The average Bonchev–Trinajstić information content (AvgIpc) is 2.48. The Morgan fingerprint density at radius 3 is 2.50 bits per heavy atom. The first-order valence-electron chi connectivity index (χ1n) is 6.24. The van der Waals surface area contributed by atoms with Crippen LogP contribution < -0.4 is 4.74 Å². The van der Waals surface area contributed by atoms with Crippen molar-refractivity contribution in [3.8, 4) is 16.9 Å². The smallest absolute Gasteiger partial charge is 0.270 e. The molecular formula is C15H14ClNO3. The van der Waals surface area contributed by atoms with Crippen molar-refractivity contribution < 1.29 is 9.66 Å². The third-order valence-electron chi connectivity index (χ3n) is 2.77. The number of hydrogen-bond donors (Lipinski definition) is 0. The lowest BCUT2D eigenvalue weighted by Gasteiger charge is -2.07. The van der Waals surface area contributed by atoms with Gasteiger partial charge in [-0.15, -0.1) is 11.6 Å². The van der Waals surface area contributed by atoms with Crippen molar-refractivity contribution in [3.63, 3.8) is 0 Å². The first kappa shape index (κ1) is 14.3. The van der Waals surface area contributed by atoms with Crippen molar-refractivity contribution in [2.45, 2.75) is 6.42 Å². The van der Waals surface area contributed by atoms with E-state index >= 15 is 0 Å². The summed E-state index contributed by atoms with van der Waals surface area (Å²) in [6, 6.07) is 14.0. The van der Waals surface area contributed by atoms with Gasteiger partial charge in [0, 0.05) is 18.0 Å². The number of nitro benzene ring substituents is 1. The van der Waals surface area contributed by atoms with E-state index in [2.05, 4.69) is 0 Å². The second-order valence-electron chi connectivity index (χ2n) is 4.23. The lowest BCUT2D eigenvalue weighted by atomic mass is 10.1. The number of nitro groups is 1. The van der Waals surface area contributed by atoms with Crippen molar-refractivity contribution in [2.24, 2.45) is 0 Å². The first-order valence-corrected chi connectivity index (χ1v) is 6.78. The molecule has 0 spiro atoms. The Morgan fingerprint density at radius 2 is 1.80 bits per heavy atom. The highest BCUT2D eigenvalue weighted by Crippen LogP contribution is 2.26. The Balaban J connectivity index is 2.22. The second-order valence-corrected chi connectivity index (χ2v) is 4.60. The highest BCUT2D eigenvalue weighted by molar-refractivity contribution is 6.17. The number of alkyl halides is 1. The van der Waals surface area contributed by atoms with Gasteiger partial charge < -0.3 is 4.74 Å². The predicted octanol–water partition coefficient (Wildman–Crippen LogP) is 4.27. The summed E-state index contributed by atoms with van der Waals surface area (Å²) in [6.07, 6.45) is 0.780. The molecule has 104 valence electrons. The van der Waals surface area contributed by atoms with E-state index in [0.29, 0.717) is 12.5 Å².